The van der Waals surface area contributed by atoms with Gasteiger partial charge in [0.25, 0.3) is 0 Å². The van der Waals surface area contributed by atoms with Crippen molar-refractivity contribution in [2.24, 2.45) is 16.9 Å². The first-order valence-corrected chi connectivity index (χ1v) is 27.4. The first-order valence-electron chi connectivity index (χ1n) is 25.9. The fourth-order valence-electron chi connectivity index (χ4n) is 8.77. The van der Waals surface area contributed by atoms with Gasteiger partial charge in [-0.25, -0.2) is 14.2 Å². The van der Waals surface area contributed by atoms with Crippen LogP contribution in [0.4, 0.5) is 4.79 Å². The molecule has 0 spiro atoms. The van der Waals surface area contributed by atoms with Crippen molar-refractivity contribution in [3.05, 3.63) is 59.3 Å². The Kier molecular flexibility index (Phi) is 27.1. The second-order valence-corrected chi connectivity index (χ2v) is 22.7. The highest BCUT2D eigenvalue weighted by molar-refractivity contribution is 7.47. The molecule has 79 heavy (non-hydrogen) atoms. The highest BCUT2D eigenvalue weighted by atomic mass is 31.2. The molecule has 0 aromatic carbocycles. The minimum absolute atomic E-state index is 0.0870. The maximum atomic E-state index is 13.7. The number of phosphoric acid groups is 1. The zero-order chi connectivity index (χ0) is 59.7. The molecule has 3 aliphatic heterocycles. The second kappa shape index (κ2) is 31.1. The minimum Gasteiger partial charge on any atom is -0.479 e. The lowest BCUT2D eigenvalue weighted by atomic mass is 9.85. The smallest absolute Gasteiger partial charge is 0.474 e. The zero-order valence-electron chi connectivity index (χ0n) is 46.7. The Morgan fingerprint density at radius 2 is 1.41 bits per heavy atom. The fourth-order valence-corrected chi connectivity index (χ4v) is 9.59. The highest BCUT2D eigenvalue weighted by Gasteiger charge is 2.61. The third kappa shape index (κ3) is 21.7. The van der Waals surface area contributed by atoms with Crippen LogP contribution in [0.15, 0.2) is 59.3 Å². The van der Waals surface area contributed by atoms with E-state index < -0.39 is 148 Å². The molecule has 3 heterocycles. The van der Waals surface area contributed by atoms with Crippen LogP contribution in [0.1, 0.15) is 114 Å². The number of phosphoric ester groups is 1. The van der Waals surface area contributed by atoms with Crippen LogP contribution in [-0.2, 0) is 65.9 Å². The molecule has 0 bridgehead atoms. The lowest BCUT2D eigenvalue weighted by molar-refractivity contribution is -0.364. The topological polar surface area (TPSA) is 403 Å². The molecule has 3 aliphatic rings. The Labute approximate surface area is 461 Å². The van der Waals surface area contributed by atoms with Crippen LogP contribution in [-0.4, -0.2) is 183 Å². The molecule has 450 valence electrons. The van der Waals surface area contributed by atoms with Crippen LogP contribution in [0.2, 0.25) is 0 Å². The third-order valence-corrected chi connectivity index (χ3v) is 14.3. The van der Waals surface area contributed by atoms with Crippen LogP contribution in [0, 0.1) is 5.41 Å². The van der Waals surface area contributed by atoms with Crippen molar-refractivity contribution < 1.29 is 106 Å². The number of allylic oxidation sites excluding steroid dienone is 8. The van der Waals surface area contributed by atoms with Gasteiger partial charge in [0, 0.05) is 13.8 Å². The summed E-state index contributed by atoms with van der Waals surface area (Å²) in [5.41, 5.74) is 12.7. The van der Waals surface area contributed by atoms with Gasteiger partial charge in [0.15, 0.2) is 43.3 Å². The molecule has 0 aromatic heterocycles. The van der Waals surface area contributed by atoms with Crippen molar-refractivity contribution in [1.82, 2.24) is 10.6 Å². The number of nitrogens with two attached hydrogens (primary N) is 2. The molecule has 0 saturated carbocycles. The predicted octanol–water partition coefficient (Wildman–Crippen LogP) is 2.07. The lowest BCUT2D eigenvalue weighted by Gasteiger charge is -2.51. The number of ether oxygens (including phenoxy) is 7. The Morgan fingerprint density at radius 1 is 0.823 bits per heavy atom. The van der Waals surface area contributed by atoms with Gasteiger partial charge >= 0.3 is 19.9 Å². The first-order chi connectivity index (χ1) is 36.7. The Balaban J connectivity index is 1.78. The van der Waals surface area contributed by atoms with Crippen LogP contribution >= 0.6 is 7.82 Å². The maximum absolute atomic E-state index is 13.7. The number of carbonyl (C=O) groups excluding carboxylic acids is 4. The van der Waals surface area contributed by atoms with Crippen LogP contribution in [0.5, 0.6) is 0 Å². The molecule has 0 radical (unpaired) electrons. The predicted molar refractivity (Wildman–Crippen MR) is 282 cm³/mol. The molecule has 26 nitrogen and oxygen atoms in total. The van der Waals surface area contributed by atoms with Gasteiger partial charge in [-0.15, -0.1) is 0 Å². The number of primary amides is 2. The molecule has 13 N–H and O–H groups in total. The molecular weight excluding hydrogens is 1060 g/mol. The van der Waals surface area contributed by atoms with Crippen molar-refractivity contribution in [1.29, 1.82) is 0 Å². The van der Waals surface area contributed by atoms with E-state index >= 15 is 0 Å². The van der Waals surface area contributed by atoms with Gasteiger partial charge < -0.3 is 90.8 Å². The number of carbonyl (C=O) groups is 5. The molecule has 0 aromatic rings. The van der Waals surface area contributed by atoms with Crippen molar-refractivity contribution in [2.45, 2.75) is 212 Å². The fraction of sp³-hybridized carbons (Fsp3) is 0.712. The van der Waals surface area contributed by atoms with Crippen LogP contribution in [0.25, 0.3) is 0 Å². The summed E-state index contributed by atoms with van der Waals surface area (Å²) in [6.07, 6.45) is -9.96. The Hall–Kier alpha value is -4.48. The lowest BCUT2D eigenvalue weighted by Crippen LogP contribution is -2.72. The van der Waals surface area contributed by atoms with Gasteiger partial charge in [0.1, 0.15) is 48.2 Å². The molecule has 0 aliphatic carbocycles. The summed E-state index contributed by atoms with van der Waals surface area (Å²) in [4.78, 5) is 73.1. The van der Waals surface area contributed by atoms with Gasteiger partial charge in [-0.05, 0) is 91.9 Å². The Bertz CT molecular complexity index is 2250. The molecular formula is C52H85N4O22P. The van der Waals surface area contributed by atoms with Crippen LogP contribution in [0.3, 0.4) is 0 Å². The van der Waals surface area contributed by atoms with E-state index in [1.165, 1.54) is 23.6 Å². The summed E-state index contributed by atoms with van der Waals surface area (Å²) in [5.74, 6) is -4.59. The summed E-state index contributed by atoms with van der Waals surface area (Å²) >= 11 is 0. The van der Waals surface area contributed by atoms with Crippen molar-refractivity contribution >= 4 is 37.6 Å². The number of nitrogens with one attached hydrogen (secondary N) is 2. The standard InChI is InChI=1S/C52H85N4O22P/c1-27(2)15-14-17-28(3)18-19-30(5)20-23-51(9,10)22-13-12-16-29(4)21-24-70-35(46(64)65)26-71-79(68,69)78-49-42(43(77-50(54)66)52(11,67)44(76-49)45(53)63)75-48-37(56-33(8)59)40(62)41(34(25-57)73-48)74-47-36(55-32(7)58)39(61)38(60)31(6)72-47/h13,15,18,21-22,31,34-44,47-49,57,60-62,67H,5,12,14,16-17,19-20,23-26H2,1-4,6-11H3,(H2,53,63)(H2,54,66)(H,55,58)(H,56,59)(H,64,65)(H,68,69)/b22-13+,28-18+,29-21-/t31-,34-,35-,36-,37-,38-,39-,40-,41-,42-,43-,44-,47+,48+,49-,52+/m1/s1. The molecule has 3 rings (SSSR count). The van der Waals surface area contributed by atoms with Gasteiger partial charge in [-0.3, -0.25) is 23.4 Å². The van der Waals surface area contributed by atoms with E-state index in [4.69, 9.17) is 53.7 Å². The van der Waals surface area contributed by atoms with Crippen molar-refractivity contribution in [2.75, 3.05) is 19.8 Å². The molecule has 27 heteroatoms. The first kappa shape index (κ1) is 68.8. The number of hydrogen-bond donors (Lipinski definition) is 11. The van der Waals surface area contributed by atoms with Crippen LogP contribution < -0.4 is 22.1 Å². The zero-order valence-corrected chi connectivity index (χ0v) is 47.6. The summed E-state index contributed by atoms with van der Waals surface area (Å²) < 4.78 is 63.8. The van der Waals surface area contributed by atoms with E-state index in [0.29, 0.717) is 12.8 Å². The molecule has 4 amide bonds. The van der Waals surface area contributed by atoms with E-state index in [2.05, 4.69) is 76.1 Å². The monoisotopic (exact) mass is 1150 g/mol. The molecule has 3 fully saturated rings. The van der Waals surface area contributed by atoms with E-state index in [1.807, 2.05) is 6.92 Å². The largest absolute Gasteiger partial charge is 0.479 e. The van der Waals surface area contributed by atoms with E-state index in [0.717, 1.165) is 58.4 Å². The van der Waals surface area contributed by atoms with E-state index in [1.54, 1.807) is 6.08 Å². The number of hydrogen-bond acceptors (Lipinski definition) is 20. The molecule has 17 atom stereocenters. The maximum Gasteiger partial charge on any atom is 0.474 e. The van der Waals surface area contributed by atoms with E-state index in [9.17, 15) is 64.1 Å². The van der Waals surface area contributed by atoms with E-state index in [-0.39, 0.29) is 12.0 Å². The van der Waals surface area contributed by atoms with Gasteiger partial charge in [0.2, 0.25) is 17.7 Å². The normalized spacial score (nSPS) is 31.8. The molecule has 1 unspecified atom stereocenters. The molecule has 3 saturated heterocycles. The number of aliphatic hydroxyl groups is 5. The number of rotatable bonds is 30. The SMILES string of the molecule is C=C(C/C=C(\C)CCC=C(C)C)CCC(C)(C)/C=C/CC/C(C)=C\CO[C@H](COP(=O)(O)O[C@H]1O[C@H](C(N)=O)[C@@](C)(O)[C@H](OC(N)=O)[C@H]1O[C@@H]1O[C@H](CO)[C@@H](O[C@@H]2O[C@H](C)[C@@H](O)[C@H](O)[C@H]2NC(C)=O)[C@H](O)[C@H]1NC(C)=O)C(=O)O. The quantitative estimate of drug-likeness (QED) is 0.0362. The number of carboxylic acids is 1. The average molecular weight is 1150 g/mol. The van der Waals surface area contributed by atoms with Gasteiger partial charge in [-0.1, -0.05) is 73.1 Å². The van der Waals surface area contributed by atoms with Gasteiger partial charge in [0.05, 0.1) is 25.9 Å². The van der Waals surface area contributed by atoms with Crippen molar-refractivity contribution in [3.63, 3.8) is 0 Å². The summed E-state index contributed by atoms with van der Waals surface area (Å²) in [7, 11) is -5.63. The third-order valence-electron chi connectivity index (χ3n) is 13.3. The summed E-state index contributed by atoms with van der Waals surface area (Å²) in [6.45, 7) is 18.7. The summed E-state index contributed by atoms with van der Waals surface area (Å²) in [6, 6.07) is -3.27. The highest BCUT2D eigenvalue weighted by Crippen LogP contribution is 2.49. The van der Waals surface area contributed by atoms with Crippen molar-refractivity contribution in [3.8, 4) is 0 Å². The number of aliphatic hydroxyl groups excluding tert-OH is 4. The Morgan fingerprint density at radius 3 is 1.97 bits per heavy atom. The summed E-state index contributed by atoms with van der Waals surface area (Å²) in [5, 5.41) is 70.0. The minimum atomic E-state index is -5.63. The average Bonchev–Trinajstić information content (AvgIpc) is 3.39. The van der Waals surface area contributed by atoms with Gasteiger partial charge in [-0.2, -0.15) is 0 Å². The number of carboxylic acid groups (broad SMARTS) is 1. The number of aliphatic carboxylic acids is 1. The second-order valence-electron chi connectivity index (χ2n) is 21.3. The number of amides is 4.